The van der Waals surface area contributed by atoms with E-state index in [0.717, 1.165) is 10.6 Å². The van der Waals surface area contributed by atoms with Crippen molar-refractivity contribution in [2.75, 3.05) is 24.9 Å². The van der Waals surface area contributed by atoms with Crippen LogP contribution in [0.25, 0.3) is 0 Å². The second-order valence-corrected chi connectivity index (χ2v) is 6.69. The van der Waals surface area contributed by atoms with Crippen LogP contribution in [0.2, 0.25) is 0 Å². The highest BCUT2D eigenvalue weighted by atomic mass is 32.2. The van der Waals surface area contributed by atoms with E-state index in [4.69, 9.17) is 9.47 Å². The van der Waals surface area contributed by atoms with Crippen LogP contribution in [0.3, 0.4) is 0 Å². The van der Waals surface area contributed by atoms with Crippen LogP contribution in [0.15, 0.2) is 47.4 Å². The van der Waals surface area contributed by atoms with E-state index in [9.17, 15) is 9.59 Å². The number of carbonyl (C=O) groups excluding carboxylic acids is 2. The molecule has 7 heteroatoms. The van der Waals surface area contributed by atoms with Crippen molar-refractivity contribution < 1.29 is 19.1 Å². The second-order valence-electron chi connectivity index (χ2n) is 5.45. The number of benzene rings is 2. The summed E-state index contributed by atoms with van der Waals surface area (Å²) in [6, 6.07) is 12.7. The zero-order valence-corrected chi connectivity index (χ0v) is 14.7. The standard InChI is InChI=1S/C18H18N2O4S/c1-23-12-7-11(8-13(9-12)24-2)19-17(21)10-16-18(22)20-14-5-3-4-6-15(14)25-16/h3-9,16H,10H2,1-2H3,(H,19,21)(H,20,22). The number of rotatable bonds is 5. The number of fused-ring (bicyclic) bond motifs is 1. The van der Waals surface area contributed by atoms with Gasteiger partial charge in [-0.05, 0) is 12.1 Å². The second kappa shape index (κ2) is 7.48. The maximum atomic E-state index is 12.4. The summed E-state index contributed by atoms with van der Waals surface area (Å²) in [5, 5.41) is 5.16. The summed E-state index contributed by atoms with van der Waals surface area (Å²) in [5.41, 5.74) is 1.34. The first kappa shape index (κ1) is 17.2. The molecule has 2 amide bonds. The smallest absolute Gasteiger partial charge is 0.238 e. The highest BCUT2D eigenvalue weighted by Gasteiger charge is 2.28. The fourth-order valence-electron chi connectivity index (χ4n) is 2.49. The maximum absolute atomic E-state index is 12.4. The lowest BCUT2D eigenvalue weighted by Crippen LogP contribution is -2.32. The van der Waals surface area contributed by atoms with Crippen LogP contribution < -0.4 is 20.1 Å². The van der Waals surface area contributed by atoms with Crippen LogP contribution in [-0.2, 0) is 9.59 Å². The molecule has 0 aliphatic carbocycles. The Morgan fingerprint density at radius 1 is 1.16 bits per heavy atom. The number of ether oxygens (including phenoxy) is 2. The third kappa shape index (κ3) is 4.06. The molecular formula is C18H18N2O4S. The minimum atomic E-state index is -0.470. The lowest BCUT2D eigenvalue weighted by molar-refractivity contribution is -0.120. The summed E-state index contributed by atoms with van der Waals surface area (Å²) in [6.45, 7) is 0. The Balaban J connectivity index is 1.68. The molecule has 1 unspecified atom stereocenters. The molecule has 3 rings (SSSR count). The first-order valence-electron chi connectivity index (χ1n) is 7.68. The summed E-state index contributed by atoms with van der Waals surface area (Å²) in [4.78, 5) is 25.5. The van der Waals surface area contributed by atoms with Gasteiger partial charge in [0.1, 0.15) is 11.5 Å². The molecule has 1 aliphatic rings. The first-order chi connectivity index (χ1) is 12.1. The van der Waals surface area contributed by atoms with Crippen molar-refractivity contribution in [1.82, 2.24) is 0 Å². The molecule has 0 spiro atoms. The minimum absolute atomic E-state index is 0.0738. The van der Waals surface area contributed by atoms with Gasteiger partial charge < -0.3 is 20.1 Å². The van der Waals surface area contributed by atoms with Crippen molar-refractivity contribution in [3.63, 3.8) is 0 Å². The lowest BCUT2D eigenvalue weighted by Gasteiger charge is -2.23. The van der Waals surface area contributed by atoms with Crippen LogP contribution in [0, 0.1) is 0 Å². The van der Waals surface area contributed by atoms with Gasteiger partial charge in [-0.15, -0.1) is 11.8 Å². The molecule has 2 aromatic carbocycles. The van der Waals surface area contributed by atoms with E-state index in [0.29, 0.717) is 17.2 Å². The Bertz CT molecular complexity index is 787. The van der Waals surface area contributed by atoms with Crippen LogP contribution in [0.4, 0.5) is 11.4 Å². The summed E-state index contributed by atoms with van der Waals surface area (Å²) >= 11 is 1.40. The van der Waals surface area contributed by atoms with Gasteiger partial charge in [-0.25, -0.2) is 0 Å². The highest BCUT2D eigenvalue weighted by Crippen LogP contribution is 2.36. The fraction of sp³-hybridized carbons (Fsp3) is 0.222. The van der Waals surface area contributed by atoms with E-state index in [1.54, 1.807) is 32.4 Å². The van der Waals surface area contributed by atoms with Gasteiger partial charge in [0.2, 0.25) is 11.8 Å². The van der Waals surface area contributed by atoms with Crippen LogP contribution in [0.1, 0.15) is 6.42 Å². The fourth-order valence-corrected chi connectivity index (χ4v) is 3.60. The van der Waals surface area contributed by atoms with Gasteiger partial charge in [0.25, 0.3) is 0 Å². The Kier molecular flexibility index (Phi) is 5.14. The highest BCUT2D eigenvalue weighted by molar-refractivity contribution is 8.01. The molecule has 130 valence electrons. The molecule has 0 aromatic heterocycles. The number of hydrogen-bond donors (Lipinski definition) is 2. The predicted octanol–water partition coefficient (Wildman–Crippen LogP) is 3.15. The van der Waals surface area contributed by atoms with Gasteiger partial charge in [0, 0.05) is 35.2 Å². The van der Waals surface area contributed by atoms with Crippen LogP contribution >= 0.6 is 11.8 Å². The Labute approximate surface area is 149 Å². The summed E-state index contributed by atoms with van der Waals surface area (Å²) < 4.78 is 10.4. The molecule has 0 bridgehead atoms. The normalized spacial score (nSPS) is 15.8. The molecule has 0 fully saturated rings. The SMILES string of the molecule is COc1cc(NC(=O)CC2Sc3ccccc3NC2=O)cc(OC)c1. The van der Waals surface area contributed by atoms with Crippen LogP contribution in [0.5, 0.6) is 11.5 Å². The maximum Gasteiger partial charge on any atom is 0.238 e. The number of nitrogens with one attached hydrogen (secondary N) is 2. The lowest BCUT2D eigenvalue weighted by atomic mass is 10.2. The molecular weight excluding hydrogens is 340 g/mol. The molecule has 1 atom stereocenters. The minimum Gasteiger partial charge on any atom is -0.497 e. The molecule has 1 aliphatic heterocycles. The zero-order valence-electron chi connectivity index (χ0n) is 13.9. The number of carbonyl (C=O) groups is 2. The number of para-hydroxylation sites is 1. The molecule has 0 radical (unpaired) electrons. The molecule has 1 heterocycles. The van der Waals surface area contributed by atoms with Crippen molar-refractivity contribution in [2.45, 2.75) is 16.6 Å². The van der Waals surface area contributed by atoms with Gasteiger partial charge in [0.05, 0.1) is 25.2 Å². The van der Waals surface area contributed by atoms with Gasteiger partial charge in [-0.2, -0.15) is 0 Å². The number of anilines is 2. The van der Waals surface area contributed by atoms with Gasteiger partial charge in [-0.3, -0.25) is 9.59 Å². The number of amides is 2. The van der Waals surface area contributed by atoms with Crippen molar-refractivity contribution in [3.05, 3.63) is 42.5 Å². The molecule has 6 nitrogen and oxygen atoms in total. The molecule has 2 aromatic rings. The Morgan fingerprint density at radius 3 is 2.52 bits per heavy atom. The topological polar surface area (TPSA) is 76.7 Å². The monoisotopic (exact) mass is 358 g/mol. The van der Waals surface area contributed by atoms with E-state index < -0.39 is 5.25 Å². The number of methoxy groups -OCH3 is 2. The number of thioether (sulfide) groups is 1. The van der Waals surface area contributed by atoms with Crippen molar-refractivity contribution in [3.8, 4) is 11.5 Å². The third-order valence-corrected chi connectivity index (χ3v) is 4.99. The average molecular weight is 358 g/mol. The molecule has 25 heavy (non-hydrogen) atoms. The van der Waals surface area contributed by atoms with E-state index >= 15 is 0 Å². The summed E-state index contributed by atoms with van der Waals surface area (Å²) in [6.07, 6.45) is 0.0738. The Morgan fingerprint density at radius 2 is 1.84 bits per heavy atom. The summed E-state index contributed by atoms with van der Waals surface area (Å²) in [5.74, 6) is 0.742. The molecule has 2 N–H and O–H groups in total. The zero-order chi connectivity index (χ0) is 17.8. The van der Waals surface area contributed by atoms with Crippen molar-refractivity contribution >= 4 is 35.0 Å². The van der Waals surface area contributed by atoms with Gasteiger partial charge in [-0.1, -0.05) is 12.1 Å². The largest absolute Gasteiger partial charge is 0.497 e. The van der Waals surface area contributed by atoms with Crippen molar-refractivity contribution in [1.29, 1.82) is 0 Å². The van der Waals surface area contributed by atoms with E-state index in [1.165, 1.54) is 11.8 Å². The average Bonchev–Trinajstić information content (AvgIpc) is 2.61. The van der Waals surface area contributed by atoms with Gasteiger partial charge >= 0.3 is 0 Å². The van der Waals surface area contributed by atoms with E-state index in [-0.39, 0.29) is 18.2 Å². The van der Waals surface area contributed by atoms with E-state index in [1.807, 2.05) is 24.3 Å². The molecule has 0 saturated carbocycles. The van der Waals surface area contributed by atoms with Crippen LogP contribution in [-0.4, -0.2) is 31.3 Å². The predicted molar refractivity (Wildman–Crippen MR) is 97.5 cm³/mol. The first-order valence-corrected chi connectivity index (χ1v) is 8.56. The van der Waals surface area contributed by atoms with Crippen molar-refractivity contribution in [2.24, 2.45) is 0 Å². The van der Waals surface area contributed by atoms with E-state index in [2.05, 4.69) is 10.6 Å². The molecule has 0 saturated heterocycles. The summed E-state index contributed by atoms with van der Waals surface area (Å²) in [7, 11) is 3.08. The van der Waals surface area contributed by atoms with Gasteiger partial charge in [0.15, 0.2) is 0 Å². The Hall–Kier alpha value is -2.67. The third-order valence-electron chi connectivity index (χ3n) is 3.71. The number of hydrogen-bond acceptors (Lipinski definition) is 5. The quantitative estimate of drug-likeness (QED) is 0.859.